The molecule has 0 spiro atoms. The molecule has 0 atom stereocenters. The van der Waals surface area contributed by atoms with Gasteiger partial charge >= 0.3 is 0 Å². The van der Waals surface area contributed by atoms with E-state index in [4.69, 9.17) is 10.6 Å². The Bertz CT molecular complexity index is 530. The van der Waals surface area contributed by atoms with Crippen LogP contribution in [0.15, 0.2) is 12.7 Å². The Balaban J connectivity index is 1.94. The summed E-state index contributed by atoms with van der Waals surface area (Å²) in [6.45, 7) is 1.54. The van der Waals surface area contributed by atoms with Crippen LogP contribution in [0.1, 0.15) is 19.3 Å². The minimum absolute atomic E-state index is 0.261. The molecule has 0 aliphatic rings. The van der Waals surface area contributed by atoms with Crippen molar-refractivity contribution >= 4 is 11.9 Å². The predicted molar refractivity (Wildman–Crippen MR) is 76.8 cm³/mol. The van der Waals surface area contributed by atoms with Gasteiger partial charge in [-0.2, -0.15) is 24.7 Å². The van der Waals surface area contributed by atoms with Gasteiger partial charge in [-0.1, -0.05) is 0 Å². The minimum Gasteiger partial charge on any atom is -0.385 e. The van der Waals surface area contributed by atoms with Crippen LogP contribution in [-0.4, -0.2) is 50.0 Å². The maximum atomic E-state index is 5.36. The van der Waals surface area contributed by atoms with Gasteiger partial charge in [0.05, 0.1) is 0 Å². The summed E-state index contributed by atoms with van der Waals surface area (Å²) in [6, 6.07) is 0. The number of methoxy groups -OCH3 is 1. The number of nitrogens with zero attached hydrogens (tertiary/aromatic N) is 6. The SMILES string of the molecule is COCCCCCNc1nc(NN)nc(-n2cncn2)n1. The highest BCUT2D eigenvalue weighted by molar-refractivity contribution is 5.36. The smallest absolute Gasteiger partial charge is 0.258 e. The van der Waals surface area contributed by atoms with E-state index in [0.29, 0.717) is 11.9 Å². The summed E-state index contributed by atoms with van der Waals surface area (Å²) in [5.74, 6) is 6.41. The van der Waals surface area contributed by atoms with Gasteiger partial charge in [-0.05, 0) is 19.3 Å². The summed E-state index contributed by atoms with van der Waals surface area (Å²) in [4.78, 5) is 16.4. The van der Waals surface area contributed by atoms with Crippen molar-refractivity contribution in [2.45, 2.75) is 19.3 Å². The van der Waals surface area contributed by atoms with E-state index in [0.717, 1.165) is 32.4 Å². The monoisotopic (exact) mass is 293 g/mol. The molecule has 0 aromatic carbocycles. The van der Waals surface area contributed by atoms with Crippen molar-refractivity contribution in [2.75, 3.05) is 31.0 Å². The Hall–Kier alpha value is -2.33. The Labute approximate surface area is 122 Å². The van der Waals surface area contributed by atoms with Gasteiger partial charge in [-0.15, -0.1) is 0 Å². The van der Waals surface area contributed by atoms with Crippen LogP contribution < -0.4 is 16.6 Å². The number of aromatic nitrogens is 6. The van der Waals surface area contributed by atoms with Crippen molar-refractivity contribution in [2.24, 2.45) is 5.84 Å². The maximum absolute atomic E-state index is 5.36. The fourth-order valence-electron chi connectivity index (χ4n) is 1.67. The minimum atomic E-state index is 0.261. The van der Waals surface area contributed by atoms with E-state index in [-0.39, 0.29) is 5.95 Å². The Morgan fingerprint density at radius 3 is 2.76 bits per heavy atom. The number of anilines is 2. The lowest BCUT2D eigenvalue weighted by molar-refractivity contribution is 0.192. The molecule has 0 bridgehead atoms. The quantitative estimate of drug-likeness (QED) is 0.331. The van der Waals surface area contributed by atoms with Crippen LogP contribution in [0.2, 0.25) is 0 Å². The third-order valence-electron chi connectivity index (χ3n) is 2.68. The Morgan fingerprint density at radius 2 is 2.05 bits per heavy atom. The first-order valence-electron chi connectivity index (χ1n) is 6.64. The summed E-state index contributed by atoms with van der Waals surface area (Å²) >= 11 is 0. The molecule has 4 N–H and O–H groups in total. The number of hydrogen-bond acceptors (Lipinski definition) is 9. The van der Waals surface area contributed by atoms with Crippen LogP contribution in [0.5, 0.6) is 0 Å². The summed E-state index contributed by atoms with van der Waals surface area (Å²) in [6.07, 6.45) is 6.02. The standard InChI is InChI=1S/C11H19N9O/c1-21-6-4-2-3-5-14-9-16-10(19-12)18-11(17-9)20-8-13-7-15-20/h7-8H,2-6,12H2,1H3,(H2,14,16,17,18,19). The van der Waals surface area contributed by atoms with Gasteiger partial charge in [0.2, 0.25) is 11.9 Å². The molecule has 2 aromatic heterocycles. The molecule has 0 saturated carbocycles. The number of hydrazine groups is 1. The molecule has 10 nitrogen and oxygen atoms in total. The second-order valence-electron chi connectivity index (χ2n) is 4.25. The number of ether oxygens (including phenoxy) is 1. The molecule has 2 aromatic rings. The molecular weight excluding hydrogens is 274 g/mol. The molecule has 21 heavy (non-hydrogen) atoms. The lowest BCUT2D eigenvalue weighted by Crippen LogP contribution is -2.16. The first kappa shape index (κ1) is 15.1. The van der Waals surface area contributed by atoms with E-state index in [1.807, 2.05) is 0 Å². The fourth-order valence-corrected chi connectivity index (χ4v) is 1.67. The average molecular weight is 293 g/mol. The van der Waals surface area contributed by atoms with E-state index in [2.05, 4.69) is 35.8 Å². The second-order valence-corrected chi connectivity index (χ2v) is 4.25. The van der Waals surface area contributed by atoms with Gasteiger partial charge < -0.3 is 10.1 Å². The number of nitrogens with two attached hydrogens (primary N) is 1. The highest BCUT2D eigenvalue weighted by atomic mass is 16.5. The number of hydrogen-bond donors (Lipinski definition) is 3. The molecule has 0 fully saturated rings. The van der Waals surface area contributed by atoms with Crippen molar-refractivity contribution in [1.82, 2.24) is 29.7 Å². The molecule has 0 unspecified atom stereocenters. The Kier molecular flexibility index (Phi) is 5.79. The summed E-state index contributed by atoms with van der Waals surface area (Å²) in [7, 11) is 1.70. The molecule has 2 heterocycles. The lowest BCUT2D eigenvalue weighted by atomic mass is 10.2. The molecule has 0 radical (unpaired) electrons. The zero-order chi connectivity index (χ0) is 14.9. The molecular formula is C11H19N9O. The zero-order valence-electron chi connectivity index (χ0n) is 11.9. The van der Waals surface area contributed by atoms with E-state index in [9.17, 15) is 0 Å². The van der Waals surface area contributed by atoms with Crippen LogP contribution >= 0.6 is 0 Å². The first-order chi connectivity index (χ1) is 10.3. The van der Waals surface area contributed by atoms with Crippen molar-refractivity contribution in [3.63, 3.8) is 0 Å². The van der Waals surface area contributed by atoms with Gasteiger partial charge in [0.1, 0.15) is 12.7 Å². The van der Waals surface area contributed by atoms with Crippen molar-refractivity contribution in [3.05, 3.63) is 12.7 Å². The molecule has 0 aliphatic carbocycles. The number of unbranched alkanes of at least 4 members (excludes halogenated alkanes) is 2. The van der Waals surface area contributed by atoms with Crippen molar-refractivity contribution in [1.29, 1.82) is 0 Å². The number of nitrogen functional groups attached to an aromatic ring is 1. The van der Waals surface area contributed by atoms with Gasteiger partial charge in [0.15, 0.2) is 0 Å². The Morgan fingerprint density at radius 1 is 1.19 bits per heavy atom. The largest absolute Gasteiger partial charge is 0.385 e. The summed E-state index contributed by atoms with van der Waals surface area (Å²) in [5, 5.41) is 7.11. The van der Waals surface area contributed by atoms with Gasteiger partial charge in [-0.25, -0.2) is 10.8 Å². The topological polar surface area (TPSA) is 129 Å². The third-order valence-corrected chi connectivity index (χ3v) is 2.68. The molecule has 114 valence electrons. The predicted octanol–water partition coefficient (Wildman–Crippen LogP) is -0.0335. The van der Waals surface area contributed by atoms with E-state index >= 15 is 0 Å². The fraction of sp³-hybridized carbons (Fsp3) is 0.545. The summed E-state index contributed by atoms with van der Waals surface area (Å²) in [5.41, 5.74) is 2.41. The van der Waals surface area contributed by atoms with Crippen LogP contribution in [0, 0.1) is 0 Å². The van der Waals surface area contributed by atoms with Crippen LogP contribution in [-0.2, 0) is 4.74 Å². The van der Waals surface area contributed by atoms with E-state index < -0.39 is 0 Å². The molecule has 0 saturated heterocycles. The highest BCUT2D eigenvalue weighted by Gasteiger charge is 2.07. The van der Waals surface area contributed by atoms with Gasteiger partial charge in [0.25, 0.3) is 5.95 Å². The average Bonchev–Trinajstić information content (AvgIpc) is 3.05. The third kappa shape index (κ3) is 4.61. The second kappa shape index (κ2) is 8.07. The normalized spacial score (nSPS) is 10.6. The van der Waals surface area contributed by atoms with Gasteiger partial charge in [-0.3, -0.25) is 5.43 Å². The molecule has 0 amide bonds. The van der Waals surface area contributed by atoms with E-state index in [1.54, 1.807) is 7.11 Å². The van der Waals surface area contributed by atoms with E-state index in [1.165, 1.54) is 17.3 Å². The lowest BCUT2D eigenvalue weighted by Gasteiger charge is -2.08. The first-order valence-corrected chi connectivity index (χ1v) is 6.64. The van der Waals surface area contributed by atoms with Crippen LogP contribution in [0.4, 0.5) is 11.9 Å². The summed E-state index contributed by atoms with van der Waals surface area (Å²) < 4.78 is 6.44. The van der Waals surface area contributed by atoms with Crippen molar-refractivity contribution in [3.8, 4) is 5.95 Å². The van der Waals surface area contributed by atoms with Gasteiger partial charge in [0, 0.05) is 20.3 Å². The zero-order valence-corrected chi connectivity index (χ0v) is 11.9. The van der Waals surface area contributed by atoms with Crippen LogP contribution in [0.25, 0.3) is 5.95 Å². The number of nitrogens with one attached hydrogen (secondary N) is 2. The number of rotatable bonds is 9. The van der Waals surface area contributed by atoms with Crippen molar-refractivity contribution < 1.29 is 4.74 Å². The molecule has 0 aliphatic heterocycles. The molecule has 2 rings (SSSR count). The highest BCUT2D eigenvalue weighted by Crippen LogP contribution is 2.07. The molecule has 10 heteroatoms. The van der Waals surface area contributed by atoms with Crippen LogP contribution in [0.3, 0.4) is 0 Å². The maximum Gasteiger partial charge on any atom is 0.258 e.